The highest BCUT2D eigenvalue weighted by molar-refractivity contribution is 4.82. The molecular weight excluding hydrogens is 239 g/mol. The number of halogens is 3. The lowest BCUT2D eigenvalue weighted by molar-refractivity contribution is -0.137. The Morgan fingerprint density at radius 1 is 1.11 bits per heavy atom. The van der Waals surface area contributed by atoms with Crippen molar-refractivity contribution in [3.8, 4) is 0 Å². The maximum Gasteiger partial charge on any atom is 0.389 e. The van der Waals surface area contributed by atoms with Gasteiger partial charge in [0.2, 0.25) is 0 Å². The van der Waals surface area contributed by atoms with E-state index < -0.39 is 12.6 Å². The van der Waals surface area contributed by atoms with Crippen LogP contribution in [-0.2, 0) is 0 Å². The fourth-order valence-corrected chi connectivity index (χ4v) is 3.08. The molecule has 1 rings (SSSR count). The molecule has 4 heteroatoms. The third-order valence-electron chi connectivity index (χ3n) is 4.24. The highest BCUT2D eigenvalue weighted by Gasteiger charge is 2.32. The van der Waals surface area contributed by atoms with E-state index in [2.05, 4.69) is 12.2 Å². The summed E-state index contributed by atoms with van der Waals surface area (Å²) in [5, 5.41) is 3.26. The van der Waals surface area contributed by atoms with E-state index in [0.29, 0.717) is 5.92 Å². The van der Waals surface area contributed by atoms with Crippen molar-refractivity contribution in [3.05, 3.63) is 0 Å². The summed E-state index contributed by atoms with van der Waals surface area (Å²) >= 11 is 0. The average Bonchev–Trinajstić information content (AvgIpc) is 2.33. The van der Waals surface area contributed by atoms with Crippen LogP contribution in [-0.4, -0.2) is 18.8 Å². The summed E-state index contributed by atoms with van der Waals surface area (Å²) in [4.78, 5) is 0. The van der Waals surface area contributed by atoms with Crippen molar-refractivity contribution >= 4 is 0 Å². The lowest BCUT2D eigenvalue weighted by Gasteiger charge is -2.34. The van der Waals surface area contributed by atoms with Gasteiger partial charge >= 0.3 is 6.18 Å². The molecule has 0 aromatic carbocycles. The Hall–Kier alpha value is -0.250. The molecule has 0 radical (unpaired) electrons. The first-order chi connectivity index (χ1) is 8.46. The highest BCUT2D eigenvalue weighted by atomic mass is 19.4. The first-order valence-electron chi connectivity index (χ1n) is 7.26. The van der Waals surface area contributed by atoms with Gasteiger partial charge in [0.25, 0.3) is 0 Å². The van der Waals surface area contributed by atoms with Crippen LogP contribution in [0.3, 0.4) is 0 Å². The van der Waals surface area contributed by atoms with Gasteiger partial charge < -0.3 is 5.32 Å². The van der Waals surface area contributed by atoms with Gasteiger partial charge in [0.05, 0.1) is 0 Å². The minimum atomic E-state index is -4.02. The van der Waals surface area contributed by atoms with Crippen LogP contribution >= 0.6 is 0 Å². The molecule has 1 nitrogen and oxygen atoms in total. The zero-order chi connectivity index (χ0) is 13.6. The second-order valence-electron chi connectivity index (χ2n) is 5.51. The molecule has 108 valence electrons. The van der Waals surface area contributed by atoms with Gasteiger partial charge in [-0.3, -0.25) is 0 Å². The summed E-state index contributed by atoms with van der Waals surface area (Å²) < 4.78 is 36.9. The molecule has 1 saturated carbocycles. The molecule has 1 fully saturated rings. The Labute approximate surface area is 109 Å². The monoisotopic (exact) mass is 265 g/mol. The van der Waals surface area contributed by atoms with Crippen molar-refractivity contribution in [1.82, 2.24) is 5.32 Å². The predicted octanol–water partition coefficient (Wildman–Crippen LogP) is 4.52. The molecule has 0 aromatic heterocycles. The van der Waals surface area contributed by atoms with Crippen molar-refractivity contribution in [2.24, 2.45) is 11.8 Å². The van der Waals surface area contributed by atoms with Crippen molar-refractivity contribution in [3.63, 3.8) is 0 Å². The van der Waals surface area contributed by atoms with Crippen molar-refractivity contribution in [1.29, 1.82) is 0 Å². The molecule has 0 saturated heterocycles. The van der Waals surface area contributed by atoms with Crippen LogP contribution in [0, 0.1) is 11.8 Å². The van der Waals surface area contributed by atoms with E-state index in [1.807, 2.05) is 6.92 Å². The third kappa shape index (κ3) is 5.59. The van der Waals surface area contributed by atoms with E-state index in [4.69, 9.17) is 0 Å². The maximum absolute atomic E-state index is 12.3. The molecule has 0 heterocycles. The smallest absolute Gasteiger partial charge is 0.314 e. The number of nitrogens with one attached hydrogen (secondary N) is 1. The average molecular weight is 265 g/mol. The van der Waals surface area contributed by atoms with Crippen LogP contribution in [0.1, 0.15) is 58.8 Å². The number of alkyl halides is 3. The van der Waals surface area contributed by atoms with Gasteiger partial charge in [-0.1, -0.05) is 33.1 Å². The summed E-state index contributed by atoms with van der Waals surface area (Å²) in [5.41, 5.74) is 0. The summed E-state index contributed by atoms with van der Waals surface area (Å²) in [6.45, 7) is 4.94. The summed E-state index contributed by atoms with van der Waals surface area (Å²) in [7, 11) is 0. The lowest BCUT2D eigenvalue weighted by atomic mass is 9.76. The van der Waals surface area contributed by atoms with Crippen LogP contribution in [0.2, 0.25) is 0 Å². The maximum atomic E-state index is 12.3. The zero-order valence-corrected chi connectivity index (χ0v) is 11.5. The fraction of sp³-hybridized carbons (Fsp3) is 1.00. The first kappa shape index (κ1) is 15.8. The molecule has 0 aliphatic heterocycles. The Morgan fingerprint density at radius 2 is 1.72 bits per heavy atom. The van der Waals surface area contributed by atoms with Crippen molar-refractivity contribution in [2.75, 3.05) is 6.54 Å². The van der Waals surface area contributed by atoms with Crippen molar-refractivity contribution < 1.29 is 13.2 Å². The van der Waals surface area contributed by atoms with E-state index >= 15 is 0 Å². The van der Waals surface area contributed by atoms with Crippen molar-refractivity contribution in [2.45, 2.75) is 71.0 Å². The standard InChI is InChI=1S/C14H26F3N/c1-3-11-5-7-12(8-6-11)13(18-4-2)9-10-14(15,16)17/h11-13,18H,3-10H2,1-2H3. The van der Waals surface area contributed by atoms with Gasteiger partial charge in [-0.05, 0) is 37.6 Å². The minimum absolute atomic E-state index is 0.0504. The normalized spacial score (nSPS) is 27.2. The fourth-order valence-electron chi connectivity index (χ4n) is 3.08. The summed E-state index contributed by atoms with van der Waals surface area (Å²) in [5.74, 6) is 1.24. The van der Waals surface area contributed by atoms with Gasteiger partial charge in [-0.2, -0.15) is 13.2 Å². The molecule has 0 spiro atoms. The van der Waals surface area contributed by atoms with Gasteiger partial charge in [-0.15, -0.1) is 0 Å². The molecule has 1 aliphatic carbocycles. The van der Waals surface area contributed by atoms with E-state index in [0.717, 1.165) is 25.3 Å². The van der Waals surface area contributed by atoms with Crippen LogP contribution < -0.4 is 5.32 Å². The molecule has 0 amide bonds. The predicted molar refractivity (Wildman–Crippen MR) is 68.5 cm³/mol. The van der Waals surface area contributed by atoms with Gasteiger partial charge in [0, 0.05) is 12.5 Å². The second kappa shape index (κ2) is 7.37. The number of hydrogen-bond donors (Lipinski definition) is 1. The van der Waals surface area contributed by atoms with E-state index in [-0.39, 0.29) is 12.5 Å². The van der Waals surface area contributed by atoms with Crippen LogP contribution in [0.15, 0.2) is 0 Å². The Bertz CT molecular complexity index is 220. The van der Waals surface area contributed by atoms with E-state index in [1.54, 1.807) is 0 Å². The topological polar surface area (TPSA) is 12.0 Å². The summed E-state index contributed by atoms with van der Waals surface area (Å²) in [6.07, 6.45) is 1.33. The molecule has 0 aromatic rings. The molecule has 1 N–H and O–H groups in total. The Kier molecular flexibility index (Phi) is 6.47. The van der Waals surface area contributed by atoms with Crippen LogP contribution in [0.5, 0.6) is 0 Å². The molecule has 1 atom stereocenters. The molecule has 1 aliphatic rings. The van der Waals surface area contributed by atoms with Gasteiger partial charge in [-0.25, -0.2) is 0 Å². The quantitative estimate of drug-likeness (QED) is 0.744. The molecule has 1 unspecified atom stereocenters. The number of rotatable bonds is 6. The first-order valence-corrected chi connectivity index (χ1v) is 7.26. The van der Waals surface area contributed by atoms with Crippen LogP contribution in [0.25, 0.3) is 0 Å². The lowest BCUT2D eigenvalue weighted by Crippen LogP contribution is -2.38. The number of hydrogen-bond acceptors (Lipinski definition) is 1. The SMILES string of the molecule is CCNC(CCC(F)(F)F)C1CCC(CC)CC1. The molecule has 18 heavy (non-hydrogen) atoms. The van der Waals surface area contributed by atoms with E-state index in [9.17, 15) is 13.2 Å². The van der Waals surface area contributed by atoms with Gasteiger partial charge in [0.1, 0.15) is 0 Å². The zero-order valence-electron chi connectivity index (χ0n) is 11.5. The highest BCUT2D eigenvalue weighted by Crippen LogP contribution is 2.34. The second-order valence-corrected chi connectivity index (χ2v) is 5.51. The third-order valence-corrected chi connectivity index (χ3v) is 4.24. The Morgan fingerprint density at radius 3 is 2.17 bits per heavy atom. The Balaban J connectivity index is 2.41. The van der Waals surface area contributed by atoms with Crippen LogP contribution in [0.4, 0.5) is 13.2 Å². The molecular formula is C14H26F3N. The largest absolute Gasteiger partial charge is 0.389 e. The molecule has 0 bridgehead atoms. The van der Waals surface area contributed by atoms with Gasteiger partial charge in [0.15, 0.2) is 0 Å². The van der Waals surface area contributed by atoms with E-state index in [1.165, 1.54) is 19.3 Å². The minimum Gasteiger partial charge on any atom is -0.314 e. The summed E-state index contributed by atoms with van der Waals surface area (Å²) in [6, 6.07) is 0.0504.